The van der Waals surface area contributed by atoms with Gasteiger partial charge < -0.3 is 45.2 Å². The minimum atomic E-state index is -5.49. The maximum atomic E-state index is 12.5. The molecule has 0 bridgehead atoms. The minimum absolute atomic E-state index is 0. The average Bonchev–Trinajstić information content (AvgIpc) is 3.27. The van der Waals surface area contributed by atoms with Crippen molar-refractivity contribution in [3.63, 3.8) is 0 Å². The SMILES string of the molecule is Nc1ccc(N=Nc2ccc(S(=O)(=O)[O-])cc2)c(N=Nc2c(S(=O)(=O)[O-])cc3cc(S(=O)(=O)[O-])c(N=Nc4ccc(-c5ccc(N=Nc6ccc(O)c(C(=O)[O-])c6)cc5)cc4)c(O)c3c2N)c1.[Na+].[Na+].[Na+].[Na+]. The number of rotatable bonds is 13. The van der Waals surface area contributed by atoms with E-state index in [-0.39, 0.29) is 152 Å². The van der Waals surface area contributed by atoms with Crippen molar-refractivity contribution in [3.05, 3.63) is 127 Å². The number of hydrogen-bond acceptors (Lipinski definition) is 23. The zero-order valence-electron chi connectivity index (χ0n) is 37.4. The van der Waals surface area contributed by atoms with Crippen molar-refractivity contribution in [2.24, 2.45) is 40.9 Å². The molecule has 0 spiro atoms. The molecule has 7 rings (SSSR count). The summed E-state index contributed by atoms with van der Waals surface area (Å²) >= 11 is 0. The van der Waals surface area contributed by atoms with Crippen LogP contribution in [0, 0.1) is 0 Å². The summed E-state index contributed by atoms with van der Waals surface area (Å²) in [5, 5.41) is 63.0. The van der Waals surface area contributed by atoms with Crippen LogP contribution in [0.25, 0.3) is 21.9 Å². The summed E-state index contributed by atoms with van der Waals surface area (Å²) in [7, 11) is -15.7. The normalized spacial score (nSPS) is 11.9. The molecule has 30 heteroatoms. The summed E-state index contributed by atoms with van der Waals surface area (Å²) in [5.74, 6) is -3.13. The number of aromatic hydroxyl groups is 2. The maximum absolute atomic E-state index is 12.5. The molecular formula is C41H26N10Na4O13S3. The van der Waals surface area contributed by atoms with Gasteiger partial charge in [0.15, 0.2) is 5.75 Å². The van der Waals surface area contributed by atoms with E-state index in [9.17, 15) is 59.0 Å². The fraction of sp³-hybridized carbons (Fsp3) is 0. The minimum Gasteiger partial charge on any atom is -0.744 e. The Morgan fingerprint density at radius 2 is 0.915 bits per heavy atom. The van der Waals surface area contributed by atoms with Crippen molar-refractivity contribution in [1.82, 2.24) is 0 Å². The first-order chi connectivity index (χ1) is 31.6. The molecule has 0 amide bonds. The van der Waals surface area contributed by atoms with Crippen LogP contribution < -0.4 is 135 Å². The number of azo groups is 4. The molecule has 0 saturated heterocycles. The molecule has 0 unspecified atom stereocenters. The molecule has 0 radical (unpaired) electrons. The van der Waals surface area contributed by atoms with Crippen molar-refractivity contribution in [2.75, 3.05) is 11.5 Å². The van der Waals surface area contributed by atoms with Crippen molar-refractivity contribution in [3.8, 4) is 22.6 Å². The van der Waals surface area contributed by atoms with Gasteiger partial charge in [0.2, 0.25) is 0 Å². The second-order valence-electron chi connectivity index (χ2n) is 13.8. The van der Waals surface area contributed by atoms with Gasteiger partial charge in [0, 0.05) is 11.3 Å². The number of phenols is 2. The summed E-state index contributed by atoms with van der Waals surface area (Å²) in [4.78, 5) is 8.39. The van der Waals surface area contributed by atoms with E-state index in [1.807, 2.05) is 0 Å². The summed E-state index contributed by atoms with van der Waals surface area (Å²) in [6.07, 6.45) is 0. The van der Waals surface area contributed by atoms with E-state index in [0.29, 0.717) is 28.9 Å². The van der Waals surface area contributed by atoms with Gasteiger partial charge in [0.25, 0.3) is 0 Å². The van der Waals surface area contributed by atoms with Gasteiger partial charge in [-0.05, 0) is 114 Å². The first-order valence-electron chi connectivity index (χ1n) is 18.5. The summed E-state index contributed by atoms with van der Waals surface area (Å²) in [6, 6.07) is 26.0. The predicted molar refractivity (Wildman–Crippen MR) is 232 cm³/mol. The fourth-order valence-electron chi connectivity index (χ4n) is 6.11. The van der Waals surface area contributed by atoms with E-state index in [1.54, 1.807) is 36.4 Å². The van der Waals surface area contributed by atoms with Crippen LogP contribution in [-0.4, -0.2) is 55.1 Å². The number of carbonyl (C=O) groups is 1. The van der Waals surface area contributed by atoms with E-state index in [2.05, 4.69) is 40.9 Å². The number of benzene rings is 7. The van der Waals surface area contributed by atoms with Gasteiger partial charge >= 0.3 is 118 Å². The number of hydrogen-bond donors (Lipinski definition) is 4. The number of nitrogens with two attached hydrogens (primary N) is 2. The van der Waals surface area contributed by atoms with Gasteiger partial charge in [-0.3, -0.25) is 0 Å². The molecule has 7 aromatic carbocycles. The number of carboxylic acid groups (broad SMARTS) is 1. The maximum Gasteiger partial charge on any atom is 1.00 e. The number of carboxylic acids is 1. The summed E-state index contributed by atoms with van der Waals surface area (Å²) < 4.78 is 109. The monoisotopic (exact) mass is 1050 g/mol. The quantitative estimate of drug-likeness (QED) is 0.0369. The number of fused-ring (bicyclic) bond motifs is 1. The van der Waals surface area contributed by atoms with Crippen molar-refractivity contribution in [2.45, 2.75) is 14.7 Å². The Kier molecular flexibility index (Phi) is 21.5. The Labute approximate surface area is 491 Å². The summed E-state index contributed by atoms with van der Waals surface area (Å²) in [5.41, 5.74) is 11.3. The number of aromatic carboxylic acids is 1. The molecule has 6 N–H and O–H groups in total. The van der Waals surface area contributed by atoms with Gasteiger partial charge in [-0.2, -0.15) is 20.5 Å². The van der Waals surface area contributed by atoms with E-state index in [1.165, 1.54) is 48.5 Å². The Morgan fingerprint density at radius 3 is 1.42 bits per heavy atom. The Bertz CT molecular complexity index is 3630. The van der Waals surface area contributed by atoms with E-state index < -0.39 is 95.9 Å². The summed E-state index contributed by atoms with van der Waals surface area (Å²) in [6.45, 7) is 0. The van der Waals surface area contributed by atoms with Crippen LogP contribution in [0.4, 0.5) is 56.9 Å². The Hall–Kier alpha value is -4.40. The number of anilines is 2. The molecule has 0 atom stereocenters. The van der Waals surface area contributed by atoms with Crippen LogP contribution in [0.5, 0.6) is 11.5 Å². The van der Waals surface area contributed by atoms with E-state index >= 15 is 0 Å². The van der Waals surface area contributed by atoms with Crippen LogP contribution in [0.2, 0.25) is 0 Å². The molecular weight excluding hydrogens is 1030 g/mol. The Morgan fingerprint density at radius 1 is 0.479 bits per heavy atom. The smallest absolute Gasteiger partial charge is 0.744 e. The second kappa shape index (κ2) is 25.0. The molecule has 0 aliphatic rings. The van der Waals surface area contributed by atoms with E-state index in [0.717, 1.165) is 24.3 Å². The molecule has 0 aromatic heterocycles. The van der Waals surface area contributed by atoms with Crippen molar-refractivity contribution >= 4 is 104 Å². The van der Waals surface area contributed by atoms with Gasteiger partial charge in [-0.15, -0.1) is 20.5 Å². The number of nitrogens with zero attached hydrogens (tertiary/aromatic N) is 8. The zero-order valence-corrected chi connectivity index (χ0v) is 47.8. The van der Waals surface area contributed by atoms with Crippen LogP contribution in [0.1, 0.15) is 10.4 Å². The molecule has 0 aliphatic heterocycles. The number of carbonyl (C=O) groups excluding carboxylic acids is 1. The van der Waals surface area contributed by atoms with Crippen LogP contribution in [0.15, 0.2) is 177 Å². The number of phenolic OH excluding ortho intramolecular Hbond substituents is 1. The van der Waals surface area contributed by atoms with Gasteiger partial charge in [0.05, 0.1) is 54.5 Å². The molecule has 340 valence electrons. The van der Waals surface area contributed by atoms with Crippen LogP contribution in [-0.2, 0) is 30.4 Å². The first kappa shape index (κ1) is 60.9. The number of nitrogen functional groups attached to an aromatic ring is 2. The van der Waals surface area contributed by atoms with Crippen LogP contribution in [0.3, 0.4) is 0 Å². The second-order valence-corrected chi connectivity index (χ2v) is 17.9. The standard InChI is InChI=1S/C41H30N10O13S3.4Na/c42-24-5-15-31(48-45-27-10-13-29(14-11-27)65(56,57)58)32(19-24)49-50-38-34(66(59,60)61)17-23-18-35(67(62,63)64)39(40(53)36(23)37(38)43)51-46-26-8-3-22(4-9-26)21-1-6-25(7-2-21)44-47-28-12-16-33(52)30(20-28)41(54)55;;;;/h1-20,52-53H,42-43H2,(H,54,55)(H,56,57,58)(H,59,60,61)(H,62,63,64);;;;/q;4*+1/p-4. The third-order valence-corrected chi connectivity index (χ3v) is 11.9. The molecule has 23 nitrogen and oxygen atoms in total. The van der Waals surface area contributed by atoms with Crippen molar-refractivity contribution in [1.29, 1.82) is 0 Å². The molecule has 0 aliphatic carbocycles. The van der Waals surface area contributed by atoms with Crippen molar-refractivity contribution < 1.29 is 177 Å². The molecule has 0 saturated carbocycles. The molecule has 0 fully saturated rings. The molecule has 7 aromatic rings. The van der Waals surface area contributed by atoms with E-state index in [4.69, 9.17) is 11.5 Å². The largest absolute Gasteiger partial charge is 1.00 e. The molecule has 71 heavy (non-hydrogen) atoms. The fourth-order valence-corrected chi connectivity index (χ4v) is 7.88. The first-order valence-corrected chi connectivity index (χ1v) is 22.7. The third kappa shape index (κ3) is 14.9. The Balaban J connectivity index is 0.00000333. The third-order valence-electron chi connectivity index (χ3n) is 9.32. The van der Waals surface area contributed by atoms with Gasteiger partial charge in [-0.25, -0.2) is 25.3 Å². The zero-order chi connectivity index (χ0) is 48.4. The van der Waals surface area contributed by atoms with Gasteiger partial charge in [0.1, 0.15) is 58.9 Å². The average molecular weight is 1050 g/mol. The molecule has 0 heterocycles. The van der Waals surface area contributed by atoms with Gasteiger partial charge in [-0.1, -0.05) is 24.3 Å². The van der Waals surface area contributed by atoms with Crippen LogP contribution >= 0.6 is 0 Å². The topological polar surface area (TPSA) is 403 Å². The predicted octanol–water partition coefficient (Wildman–Crippen LogP) is -4.16.